The van der Waals surface area contributed by atoms with Crippen LogP contribution in [0.15, 0.2) is 48.5 Å². The maximum atomic E-state index is 13.3. The zero-order valence-electron chi connectivity index (χ0n) is 15.7. The number of phenolic OH excluding ortho intramolecular Hbond substituents is 1. The minimum atomic E-state index is -0.249. The number of fused-ring (bicyclic) bond motifs is 2. The van der Waals surface area contributed by atoms with Crippen LogP contribution < -0.4 is 9.47 Å². The maximum Gasteiger partial charge on any atom is 0.195 e. The Kier molecular flexibility index (Phi) is 4.15. The van der Waals surface area contributed by atoms with Gasteiger partial charge in [-0.25, -0.2) is 0 Å². The molecule has 0 spiro atoms. The van der Waals surface area contributed by atoms with Crippen LogP contribution in [0.5, 0.6) is 17.2 Å². The molecule has 1 aliphatic carbocycles. The van der Waals surface area contributed by atoms with Crippen LogP contribution in [-0.4, -0.2) is 30.9 Å². The SMILES string of the molecule is COc1cc(O)c(-c2c(C)ccc3c2C(=O)c2ccccc2C3=O)c(OC)c1. The predicted octanol–water partition coefficient (Wildman–Crippen LogP) is 4.16. The van der Waals surface area contributed by atoms with Gasteiger partial charge < -0.3 is 14.6 Å². The first-order valence-corrected chi connectivity index (χ1v) is 8.75. The smallest absolute Gasteiger partial charge is 0.195 e. The first kappa shape index (κ1) is 17.8. The van der Waals surface area contributed by atoms with E-state index in [4.69, 9.17) is 9.47 Å². The molecule has 0 bridgehead atoms. The highest BCUT2D eigenvalue weighted by Crippen LogP contribution is 2.46. The quantitative estimate of drug-likeness (QED) is 0.583. The van der Waals surface area contributed by atoms with Gasteiger partial charge in [0.05, 0.1) is 19.8 Å². The van der Waals surface area contributed by atoms with Gasteiger partial charge >= 0.3 is 0 Å². The maximum absolute atomic E-state index is 13.3. The van der Waals surface area contributed by atoms with E-state index in [2.05, 4.69) is 0 Å². The van der Waals surface area contributed by atoms with Crippen molar-refractivity contribution in [1.82, 2.24) is 0 Å². The number of benzene rings is 3. The fraction of sp³-hybridized carbons (Fsp3) is 0.130. The molecule has 0 fully saturated rings. The molecule has 140 valence electrons. The molecule has 0 atom stereocenters. The van der Waals surface area contributed by atoms with E-state index in [0.717, 1.165) is 5.56 Å². The summed E-state index contributed by atoms with van der Waals surface area (Å²) >= 11 is 0. The molecule has 1 aliphatic rings. The van der Waals surface area contributed by atoms with E-state index in [1.807, 2.05) is 6.92 Å². The normalized spacial score (nSPS) is 12.4. The molecule has 0 aliphatic heterocycles. The number of carbonyl (C=O) groups excluding carboxylic acids is 2. The number of aryl methyl sites for hydroxylation is 1. The Morgan fingerprint density at radius 1 is 0.750 bits per heavy atom. The number of hydrogen-bond acceptors (Lipinski definition) is 5. The first-order chi connectivity index (χ1) is 13.5. The Bertz CT molecular complexity index is 1140. The van der Waals surface area contributed by atoms with E-state index in [-0.39, 0.29) is 22.9 Å². The molecule has 0 saturated carbocycles. The average molecular weight is 374 g/mol. The van der Waals surface area contributed by atoms with Gasteiger partial charge in [0, 0.05) is 39.9 Å². The van der Waals surface area contributed by atoms with Gasteiger partial charge in [0.15, 0.2) is 11.6 Å². The number of hydrogen-bond donors (Lipinski definition) is 1. The number of aromatic hydroxyl groups is 1. The van der Waals surface area contributed by atoms with E-state index in [0.29, 0.717) is 39.3 Å². The molecule has 28 heavy (non-hydrogen) atoms. The highest BCUT2D eigenvalue weighted by molar-refractivity contribution is 6.30. The van der Waals surface area contributed by atoms with Crippen molar-refractivity contribution in [2.75, 3.05) is 14.2 Å². The van der Waals surface area contributed by atoms with Crippen molar-refractivity contribution in [1.29, 1.82) is 0 Å². The highest BCUT2D eigenvalue weighted by atomic mass is 16.5. The molecule has 0 radical (unpaired) electrons. The van der Waals surface area contributed by atoms with Gasteiger partial charge in [-0.15, -0.1) is 0 Å². The summed E-state index contributed by atoms with van der Waals surface area (Å²) < 4.78 is 10.7. The minimum Gasteiger partial charge on any atom is -0.507 e. The molecule has 5 heteroatoms. The summed E-state index contributed by atoms with van der Waals surface area (Å²) in [6, 6.07) is 13.3. The lowest BCUT2D eigenvalue weighted by atomic mass is 9.78. The minimum absolute atomic E-state index is 0.0909. The Hall–Kier alpha value is -3.60. The fourth-order valence-corrected chi connectivity index (χ4v) is 3.72. The largest absolute Gasteiger partial charge is 0.507 e. The third-order valence-corrected chi connectivity index (χ3v) is 5.06. The summed E-state index contributed by atoms with van der Waals surface area (Å²) in [4.78, 5) is 26.4. The second-order valence-corrected chi connectivity index (χ2v) is 6.61. The molecule has 3 aromatic rings. The van der Waals surface area contributed by atoms with E-state index < -0.39 is 0 Å². The van der Waals surface area contributed by atoms with Gasteiger partial charge in [-0.2, -0.15) is 0 Å². The van der Waals surface area contributed by atoms with Crippen LogP contribution >= 0.6 is 0 Å². The number of ether oxygens (including phenoxy) is 2. The summed E-state index contributed by atoms with van der Waals surface area (Å²) in [5, 5.41) is 10.7. The van der Waals surface area contributed by atoms with Crippen molar-refractivity contribution >= 4 is 11.6 Å². The zero-order valence-corrected chi connectivity index (χ0v) is 15.7. The highest BCUT2D eigenvalue weighted by Gasteiger charge is 2.34. The van der Waals surface area contributed by atoms with Crippen molar-refractivity contribution in [3.8, 4) is 28.4 Å². The summed E-state index contributed by atoms with van der Waals surface area (Å²) in [6.07, 6.45) is 0. The summed E-state index contributed by atoms with van der Waals surface area (Å²) in [5.41, 5.74) is 2.95. The number of rotatable bonds is 3. The number of phenols is 1. The second-order valence-electron chi connectivity index (χ2n) is 6.61. The molecule has 5 nitrogen and oxygen atoms in total. The first-order valence-electron chi connectivity index (χ1n) is 8.75. The van der Waals surface area contributed by atoms with Gasteiger partial charge in [0.2, 0.25) is 0 Å². The lowest BCUT2D eigenvalue weighted by Crippen LogP contribution is -2.22. The van der Waals surface area contributed by atoms with Crippen molar-refractivity contribution in [3.63, 3.8) is 0 Å². The molecular formula is C23H18O5. The molecule has 3 aromatic carbocycles. The predicted molar refractivity (Wildman–Crippen MR) is 105 cm³/mol. The fourth-order valence-electron chi connectivity index (χ4n) is 3.72. The number of carbonyl (C=O) groups is 2. The second kappa shape index (κ2) is 6.53. The van der Waals surface area contributed by atoms with Crippen LogP contribution in [0.25, 0.3) is 11.1 Å². The van der Waals surface area contributed by atoms with E-state index in [1.54, 1.807) is 42.5 Å². The van der Waals surface area contributed by atoms with Gasteiger partial charge in [0.25, 0.3) is 0 Å². The van der Waals surface area contributed by atoms with E-state index in [1.165, 1.54) is 20.3 Å². The van der Waals surface area contributed by atoms with Crippen molar-refractivity contribution in [2.45, 2.75) is 6.92 Å². The van der Waals surface area contributed by atoms with Gasteiger partial charge in [-0.05, 0) is 18.6 Å². The van der Waals surface area contributed by atoms with E-state index in [9.17, 15) is 14.7 Å². The van der Waals surface area contributed by atoms with E-state index >= 15 is 0 Å². The monoisotopic (exact) mass is 374 g/mol. The van der Waals surface area contributed by atoms with Crippen LogP contribution in [0, 0.1) is 6.92 Å². The Labute approximate surface area is 162 Å². The summed E-state index contributed by atoms with van der Waals surface area (Å²) in [7, 11) is 2.97. The molecule has 0 amide bonds. The van der Waals surface area contributed by atoms with Gasteiger partial charge in [-0.3, -0.25) is 9.59 Å². The van der Waals surface area contributed by atoms with Crippen molar-refractivity contribution < 1.29 is 24.2 Å². The Morgan fingerprint density at radius 3 is 2.07 bits per heavy atom. The van der Waals surface area contributed by atoms with Crippen LogP contribution in [0.4, 0.5) is 0 Å². The lowest BCUT2D eigenvalue weighted by molar-refractivity contribution is 0.0979. The van der Waals surface area contributed by atoms with Crippen molar-refractivity contribution in [2.24, 2.45) is 0 Å². The molecular weight excluding hydrogens is 356 g/mol. The molecule has 1 N–H and O–H groups in total. The van der Waals surface area contributed by atoms with Crippen molar-refractivity contribution in [3.05, 3.63) is 76.3 Å². The number of ketones is 2. The Morgan fingerprint density at radius 2 is 1.43 bits per heavy atom. The van der Waals surface area contributed by atoms with Gasteiger partial charge in [0.1, 0.15) is 17.2 Å². The average Bonchev–Trinajstić information content (AvgIpc) is 2.71. The standard InChI is InChI=1S/C23H18O5/c1-12-8-9-16-20(23(26)15-7-5-4-6-14(15)22(16)25)19(12)21-17(24)10-13(27-2)11-18(21)28-3/h4-11,24H,1-3H3. The molecule has 0 aromatic heterocycles. The topological polar surface area (TPSA) is 72.8 Å². The molecule has 0 saturated heterocycles. The van der Waals surface area contributed by atoms with Crippen LogP contribution in [0.2, 0.25) is 0 Å². The summed E-state index contributed by atoms with van der Waals surface area (Å²) in [6.45, 7) is 1.83. The summed E-state index contributed by atoms with van der Waals surface area (Å²) in [5.74, 6) is 0.229. The van der Waals surface area contributed by atoms with Crippen LogP contribution in [0.3, 0.4) is 0 Å². The Balaban J connectivity index is 2.07. The third-order valence-electron chi connectivity index (χ3n) is 5.06. The molecule has 0 heterocycles. The van der Waals surface area contributed by atoms with Crippen LogP contribution in [0.1, 0.15) is 37.4 Å². The third kappa shape index (κ3) is 2.47. The zero-order chi connectivity index (χ0) is 20.0. The number of methoxy groups -OCH3 is 2. The molecule has 4 rings (SSSR count). The van der Waals surface area contributed by atoms with Gasteiger partial charge in [-0.1, -0.05) is 30.3 Å². The van der Waals surface area contributed by atoms with Crippen LogP contribution in [-0.2, 0) is 0 Å². The lowest BCUT2D eigenvalue weighted by Gasteiger charge is -2.23. The molecule has 0 unspecified atom stereocenters.